The monoisotopic (exact) mass is 938 g/mol. The van der Waals surface area contributed by atoms with Crippen LogP contribution < -0.4 is 10.2 Å². The Kier molecular flexibility index (Phi) is 11.8. The first-order valence-corrected chi connectivity index (χ1v) is 22.5. The molecule has 10 nitrogen and oxygen atoms in total. The van der Waals surface area contributed by atoms with Gasteiger partial charge in [-0.2, -0.15) is 0 Å². The van der Waals surface area contributed by atoms with Crippen LogP contribution in [0.4, 0.5) is 10.1 Å². The molecule has 4 aliphatic rings. The number of nitrogens with zero attached hydrogens (tertiary/aromatic N) is 5. The second-order valence-electron chi connectivity index (χ2n) is 17.2. The van der Waals surface area contributed by atoms with E-state index in [1.807, 2.05) is 38.1 Å². The topological polar surface area (TPSA) is 126 Å². The van der Waals surface area contributed by atoms with E-state index in [2.05, 4.69) is 58.4 Å². The van der Waals surface area contributed by atoms with E-state index in [9.17, 15) is 24.2 Å². The number of rotatable bonds is 5. The van der Waals surface area contributed by atoms with Gasteiger partial charge in [-0.1, -0.05) is 43.5 Å². The highest BCUT2D eigenvalue weighted by Gasteiger charge is 2.38. The molecule has 4 fully saturated rings. The zero-order chi connectivity index (χ0) is 40.9. The molecule has 2 saturated heterocycles. The maximum Gasteiger partial charge on any atom is 0.227 e. The summed E-state index contributed by atoms with van der Waals surface area (Å²) in [6.45, 7) is 3.82. The number of benzene rings is 3. The molecule has 9 rings (SSSR count). The molecule has 2 aliphatic heterocycles. The summed E-state index contributed by atoms with van der Waals surface area (Å²) in [5.41, 5.74) is 3.35. The van der Waals surface area contributed by atoms with Crippen LogP contribution in [-0.2, 0) is 9.59 Å². The van der Waals surface area contributed by atoms with Gasteiger partial charge in [-0.15, -0.1) is 0 Å². The van der Waals surface area contributed by atoms with Gasteiger partial charge in [0, 0.05) is 39.6 Å². The first-order chi connectivity index (χ1) is 27.7. The standard InChI is InChI=1S/C25H26BrClFN3O2.C19H24BrN3O2/c1-25(33)11-9-16(10-12-25)31-21-8-5-15(26)13-20(21)29-24(31)22-3-2-4-23(32)30(22)17-6-7-19(28)18(27)14-17;1-19(25)9-7-13(8-10-19)23-16-6-5-12(20)11-15(16)22-18(23)14-3-2-4-17(24)21-14/h5-8,13-14,16,22,33H,2-4,9-12H2,1H3;5-6,11,13-14,25H,2-4,7-10H2,1H3,(H,21,24). The van der Waals surface area contributed by atoms with Gasteiger partial charge in [-0.3, -0.25) is 9.59 Å². The number of hydrogen-bond donors (Lipinski definition) is 3. The van der Waals surface area contributed by atoms with Crippen molar-refractivity contribution in [3.05, 3.63) is 86.0 Å². The van der Waals surface area contributed by atoms with E-state index in [0.29, 0.717) is 37.4 Å². The zero-order valence-corrected chi connectivity index (χ0v) is 36.8. The number of amides is 2. The lowest BCUT2D eigenvalue weighted by Gasteiger charge is -2.38. The molecule has 0 bridgehead atoms. The summed E-state index contributed by atoms with van der Waals surface area (Å²) in [5.74, 6) is 1.39. The Bertz CT molecular complexity index is 2340. The first-order valence-electron chi connectivity index (χ1n) is 20.5. The van der Waals surface area contributed by atoms with Crippen LogP contribution in [0.5, 0.6) is 0 Å². The molecule has 2 aliphatic carbocycles. The van der Waals surface area contributed by atoms with Gasteiger partial charge in [0.15, 0.2) is 0 Å². The van der Waals surface area contributed by atoms with Crippen LogP contribution in [0.25, 0.3) is 22.1 Å². The van der Waals surface area contributed by atoms with Crippen molar-refractivity contribution in [2.75, 3.05) is 4.90 Å². The van der Waals surface area contributed by atoms with Crippen molar-refractivity contribution in [1.29, 1.82) is 0 Å². The van der Waals surface area contributed by atoms with E-state index in [1.165, 1.54) is 12.1 Å². The van der Waals surface area contributed by atoms with E-state index in [0.717, 1.165) is 107 Å². The molecule has 2 unspecified atom stereocenters. The summed E-state index contributed by atoms with van der Waals surface area (Å²) < 4.78 is 20.4. The molecule has 2 saturated carbocycles. The number of aromatic nitrogens is 4. The summed E-state index contributed by atoms with van der Waals surface area (Å²) in [7, 11) is 0. The van der Waals surface area contributed by atoms with E-state index in [4.69, 9.17) is 21.6 Å². The fourth-order valence-electron chi connectivity index (χ4n) is 9.47. The molecule has 2 atom stereocenters. The summed E-state index contributed by atoms with van der Waals surface area (Å²) in [6, 6.07) is 16.9. The third-order valence-electron chi connectivity index (χ3n) is 12.6. The molecule has 14 heteroatoms. The molecule has 2 aromatic heterocycles. The molecule has 3 aromatic carbocycles. The highest BCUT2D eigenvalue weighted by Crippen LogP contribution is 2.44. The van der Waals surface area contributed by atoms with Gasteiger partial charge in [-0.05, 0) is 145 Å². The Morgan fingerprint density at radius 3 is 1.83 bits per heavy atom. The molecule has 0 spiro atoms. The van der Waals surface area contributed by atoms with Crippen LogP contribution in [0.3, 0.4) is 0 Å². The smallest absolute Gasteiger partial charge is 0.227 e. The van der Waals surface area contributed by atoms with Gasteiger partial charge in [0.05, 0.1) is 50.4 Å². The van der Waals surface area contributed by atoms with Crippen molar-refractivity contribution < 1.29 is 24.2 Å². The van der Waals surface area contributed by atoms with Gasteiger partial charge >= 0.3 is 0 Å². The molecule has 58 heavy (non-hydrogen) atoms. The van der Waals surface area contributed by atoms with Crippen molar-refractivity contribution in [3.8, 4) is 0 Å². The number of piperidine rings is 2. The summed E-state index contributed by atoms with van der Waals surface area (Å²) in [5, 5.41) is 23.9. The number of aliphatic hydroxyl groups is 2. The van der Waals surface area contributed by atoms with Gasteiger partial charge < -0.3 is 29.6 Å². The van der Waals surface area contributed by atoms with Crippen LogP contribution in [0, 0.1) is 5.82 Å². The van der Waals surface area contributed by atoms with E-state index < -0.39 is 17.0 Å². The molecule has 2 amide bonds. The lowest BCUT2D eigenvalue weighted by Crippen LogP contribution is -2.40. The third-order valence-corrected chi connectivity index (χ3v) is 13.9. The number of fused-ring (bicyclic) bond motifs is 2. The summed E-state index contributed by atoms with van der Waals surface area (Å²) >= 11 is 13.2. The second kappa shape index (κ2) is 16.6. The number of carbonyl (C=O) groups is 2. The van der Waals surface area contributed by atoms with E-state index in [-0.39, 0.29) is 35.0 Å². The average Bonchev–Trinajstić information content (AvgIpc) is 3.74. The van der Waals surface area contributed by atoms with Gasteiger partial charge in [0.2, 0.25) is 11.8 Å². The zero-order valence-electron chi connectivity index (χ0n) is 32.9. The summed E-state index contributed by atoms with van der Waals surface area (Å²) in [6.07, 6.45) is 11.0. The third kappa shape index (κ3) is 8.62. The van der Waals surface area contributed by atoms with Crippen LogP contribution >= 0.6 is 43.5 Å². The van der Waals surface area contributed by atoms with Crippen LogP contribution in [0.15, 0.2) is 63.5 Å². The molecule has 0 radical (unpaired) electrons. The minimum atomic E-state index is -0.645. The molecular weight excluding hydrogens is 891 g/mol. The van der Waals surface area contributed by atoms with Gasteiger partial charge in [0.1, 0.15) is 17.5 Å². The molecule has 4 heterocycles. The minimum Gasteiger partial charge on any atom is -0.390 e. The fraction of sp³-hybridized carbons (Fsp3) is 0.500. The van der Waals surface area contributed by atoms with Crippen molar-refractivity contribution in [2.24, 2.45) is 0 Å². The Morgan fingerprint density at radius 2 is 1.28 bits per heavy atom. The molecule has 3 N–H and O–H groups in total. The number of nitrogens with one attached hydrogen (secondary N) is 1. The van der Waals surface area contributed by atoms with Crippen LogP contribution in [0.1, 0.15) is 140 Å². The van der Waals surface area contributed by atoms with Crippen LogP contribution in [-0.4, -0.2) is 52.3 Å². The lowest BCUT2D eigenvalue weighted by atomic mass is 9.83. The predicted octanol–water partition coefficient (Wildman–Crippen LogP) is 10.7. The number of carbonyl (C=O) groups excluding carboxylic acids is 2. The largest absolute Gasteiger partial charge is 0.390 e. The van der Waals surface area contributed by atoms with Crippen LogP contribution in [0.2, 0.25) is 5.02 Å². The molecular formula is C44H50Br2ClFN6O4. The number of hydrogen-bond acceptors (Lipinski definition) is 6. The quantitative estimate of drug-likeness (QED) is 0.161. The highest BCUT2D eigenvalue weighted by atomic mass is 79.9. The number of imidazole rings is 2. The van der Waals surface area contributed by atoms with Crippen molar-refractivity contribution in [1.82, 2.24) is 24.4 Å². The lowest BCUT2D eigenvalue weighted by molar-refractivity contribution is -0.123. The Morgan fingerprint density at radius 1 is 0.741 bits per heavy atom. The first kappa shape index (κ1) is 41.4. The van der Waals surface area contributed by atoms with E-state index >= 15 is 0 Å². The number of anilines is 1. The normalized spacial score (nSPS) is 28.0. The molecule has 308 valence electrons. The van der Waals surface area contributed by atoms with Gasteiger partial charge in [-0.25, -0.2) is 14.4 Å². The summed E-state index contributed by atoms with van der Waals surface area (Å²) in [4.78, 5) is 36.7. The van der Waals surface area contributed by atoms with Gasteiger partial charge in [0.25, 0.3) is 0 Å². The second-order valence-corrected chi connectivity index (χ2v) is 19.4. The number of halogens is 4. The maximum atomic E-state index is 13.9. The van der Waals surface area contributed by atoms with Crippen molar-refractivity contribution in [2.45, 2.75) is 139 Å². The Hall–Kier alpha value is -3.36. The predicted molar refractivity (Wildman–Crippen MR) is 231 cm³/mol. The van der Waals surface area contributed by atoms with Crippen molar-refractivity contribution in [3.63, 3.8) is 0 Å². The van der Waals surface area contributed by atoms with Crippen molar-refractivity contribution >= 4 is 83.0 Å². The maximum absolute atomic E-state index is 13.9. The Balaban J connectivity index is 0.000000168. The van der Waals surface area contributed by atoms with E-state index in [1.54, 1.807) is 11.0 Å². The highest BCUT2D eigenvalue weighted by molar-refractivity contribution is 9.10. The SMILES string of the molecule is CC1(O)CCC(n2c(C3CCCC(=O)N3)nc3cc(Br)ccc32)CC1.CC1(O)CCC(n2c(C3CCCC(=O)N3c3ccc(F)c(Cl)c3)nc3cc(Br)ccc32)CC1. The Labute approximate surface area is 359 Å². The average molecular weight is 941 g/mol. The fourth-order valence-corrected chi connectivity index (χ4v) is 10.3. The minimum absolute atomic E-state index is 0.00318. The molecule has 5 aromatic rings.